The molecule has 160 valence electrons. The molecule has 0 radical (unpaired) electrons. The Bertz CT molecular complexity index is 1010. The number of nitrogens with zero attached hydrogens (tertiary/aromatic N) is 3. The summed E-state index contributed by atoms with van der Waals surface area (Å²) in [5.41, 5.74) is 5.03. The largest absolute Gasteiger partial charge is 0.328 e. The van der Waals surface area contributed by atoms with E-state index < -0.39 is 0 Å². The number of para-hydroxylation sites is 2. The summed E-state index contributed by atoms with van der Waals surface area (Å²) in [6, 6.07) is 18.8. The number of ketones is 1. The van der Waals surface area contributed by atoms with E-state index in [0.717, 1.165) is 44.1 Å². The van der Waals surface area contributed by atoms with Gasteiger partial charge in [0.1, 0.15) is 56.7 Å². The summed E-state index contributed by atoms with van der Waals surface area (Å²) in [7, 11) is 3.84. The standard InChI is InChI=1S/C25H29N5O/c1-19-8-4-5-9-20(19)17-29-12-14-30(15-13-29)18-24(31)21(16-26)25-27(2)22-10-6-7-11-23(22)28(25)3/h4-11H,12-15,17-18H2,1-3H3/p+2. The van der Waals surface area contributed by atoms with Gasteiger partial charge >= 0.3 is 0 Å². The zero-order chi connectivity index (χ0) is 22.0. The molecule has 6 heteroatoms. The number of carbonyl (C=O) groups excluding carboxylic acids is 1. The van der Waals surface area contributed by atoms with Crippen molar-refractivity contribution in [2.75, 3.05) is 56.6 Å². The molecule has 0 spiro atoms. The van der Waals surface area contributed by atoms with E-state index in [1.807, 2.05) is 48.2 Å². The lowest BCUT2D eigenvalue weighted by Crippen LogP contribution is -3.27. The highest BCUT2D eigenvalue weighted by atomic mass is 16.1. The van der Waals surface area contributed by atoms with Crippen molar-refractivity contribution in [2.45, 2.75) is 13.5 Å². The number of Topliss-reactive ketones (excluding diaryl/α,β-unsaturated/α-hetero) is 1. The fourth-order valence-corrected chi connectivity index (χ4v) is 4.76. The zero-order valence-corrected chi connectivity index (χ0v) is 18.6. The summed E-state index contributed by atoms with van der Waals surface area (Å²) in [6.45, 7) is 7.57. The van der Waals surface area contributed by atoms with E-state index >= 15 is 0 Å². The summed E-state index contributed by atoms with van der Waals surface area (Å²) in [4.78, 5) is 19.9. The maximum Gasteiger partial charge on any atom is 0.231 e. The van der Waals surface area contributed by atoms with E-state index in [1.54, 1.807) is 4.90 Å². The molecule has 0 aromatic heterocycles. The van der Waals surface area contributed by atoms with Gasteiger partial charge in [0.15, 0.2) is 0 Å². The molecule has 0 amide bonds. The highest BCUT2D eigenvalue weighted by molar-refractivity contribution is 6.03. The topological polar surface area (TPSA) is 56.2 Å². The summed E-state index contributed by atoms with van der Waals surface area (Å²) in [5.74, 6) is 0.610. The average molecular weight is 418 g/mol. The van der Waals surface area contributed by atoms with Gasteiger partial charge in [0.25, 0.3) is 0 Å². The van der Waals surface area contributed by atoms with Crippen molar-refractivity contribution in [1.29, 1.82) is 5.26 Å². The highest BCUT2D eigenvalue weighted by Gasteiger charge is 2.33. The molecule has 2 aliphatic rings. The van der Waals surface area contributed by atoms with Crippen LogP contribution in [0, 0.1) is 18.3 Å². The number of benzene rings is 2. The van der Waals surface area contributed by atoms with Crippen molar-refractivity contribution in [3.63, 3.8) is 0 Å². The number of aryl methyl sites for hydroxylation is 1. The normalized spacial score (nSPS) is 20.4. The molecule has 2 heterocycles. The number of piperazine rings is 1. The van der Waals surface area contributed by atoms with E-state index in [0.29, 0.717) is 12.4 Å². The lowest BCUT2D eigenvalue weighted by molar-refractivity contribution is -1.01. The molecular formula is C25H31N5O+2. The van der Waals surface area contributed by atoms with Gasteiger partial charge in [0, 0.05) is 19.7 Å². The van der Waals surface area contributed by atoms with Crippen molar-refractivity contribution < 1.29 is 14.6 Å². The van der Waals surface area contributed by atoms with Crippen LogP contribution in [-0.4, -0.2) is 52.6 Å². The van der Waals surface area contributed by atoms with Crippen LogP contribution in [0.2, 0.25) is 0 Å². The van der Waals surface area contributed by atoms with Crippen LogP contribution in [0.25, 0.3) is 0 Å². The van der Waals surface area contributed by atoms with Crippen LogP contribution in [0.1, 0.15) is 11.1 Å². The molecular weight excluding hydrogens is 386 g/mol. The minimum absolute atomic E-state index is 0.0682. The van der Waals surface area contributed by atoms with Crippen LogP contribution in [-0.2, 0) is 11.3 Å². The predicted octanol–water partition coefficient (Wildman–Crippen LogP) is 0.169. The van der Waals surface area contributed by atoms with E-state index in [-0.39, 0.29) is 11.4 Å². The monoisotopic (exact) mass is 417 g/mol. The number of nitrogens with one attached hydrogen (secondary N) is 2. The Balaban J connectivity index is 1.40. The molecule has 0 unspecified atom stereocenters. The van der Waals surface area contributed by atoms with Crippen LogP contribution >= 0.6 is 0 Å². The van der Waals surface area contributed by atoms with Crippen LogP contribution in [0.5, 0.6) is 0 Å². The van der Waals surface area contributed by atoms with E-state index in [9.17, 15) is 10.1 Å². The summed E-state index contributed by atoms with van der Waals surface area (Å²) in [6.07, 6.45) is 0. The first-order chi connectivity index (χ1) is 15.0. The van der Waals surface area contributed by atoms with E-state index in [2.05, 4.69) is 37.3 Å². The number of nitriles is 1. The molecule has 1 saturated heterocycles. The Labute approximate surface area is 184 Å². The quantitative estimate of drug-likeness (QED) is 0.538. The predicted molar refractivity (Wildman–Crippen MR) is 122 cm³/mol. The van der Waals surface area contributed by atoms with Gasteiger partial charge in [0.2, 0.25) is 5.78 Å². The Morgan fingerprint density at radius 1 is 0.935 bits per heavy atom. The number of hydrogen-bond acceptors (Lipinski definition) is 4. The SMILES string of the molecule is Cc1ccccc1C[NH+]1CC[NH+](CC(=O)C(C#N)=C2N(C)c3ccccc3N2C)CC1. The lowest BCUT2D eigenvalue weighted by atomic mass is 10.1. The third kappa shape index (κ3) is 4.20. The zero-order valence-electron chi connectivity index (χ0n) is 18.6. The molecule has 2 N–H and O–H groups in total. The van der Waals surface area contributed by atoms with E-state index in [1.165, 1.54) is 16.0 Å². The molecule has 2 aliphatic heterocycles. The summed E-state index contributed by atoms with van der Waals surface area (Å²) >= 11 is 0. The van der Waals surface area contributed by atoms with Gasteiger partial charge in [-0.25, -0.2) is 0 Å². The van der Waals surface area contributed by atoms with Gasteiger partial charge in [-0.2, -0.15) is 5.26 Å². The van der Waals surface area contributed by atoms with Crippen molar-refractivity contribution in [2.24, 2.45) is 0 Å². The molecule has 2 aromatic rings. The van der Waals surface area contributed by atoms with Crippen molar-refractivity contribution in [3.8, 4) is 6.07 Å². The van der Waals surface area contributed by atoms with Gasteiger partial charge in [-0.3, -0.25) is 4.79 Å². The number of quaternary nitrogens is 2. The molecule has 31 heavy (non-hydrogen) atoms. The molecule has 1 fully saturated rings. The third-order valence-corrected chi connectivity index (χ3v) is 6.63. The maximum absolute atomic E-state index is 13.1. The Kier molecular flexibility index (Phi) is 6.08. The second kappa shape index (κ2) is 8.93. The summed E-state index contributed by atoms with van der Waals surface area (Å²) < 4.78 is 0. The number of hydrogen-bond donors (Lipinski definition) is 2. The van der Waals surface area contributed by atoms with Gasteiger partial charge in [-0.05, 0) is 24.6 Å². The van der Waals surface area contributed by atoms with Gasteiger partial charge in [-0.15, -0.1) is 0 Å². The minimum Gasteiger partial charge on any atom is -0.328 e. The number of rotatable bonds is 5. The first-order valence-corrected chi connectivity index (χ1v) is 10.9. The van der Waals surface area contributed by atoms with Crippen LogP contribution in [0.4, 0.5) is 11.4 Å². The first-order valence-electron chi connectivity index (χ1n) is 10.9. The van der Waals surface area contributed by atoms with Gasteiger partial charge in [-0.1, -0.05) is 36.4 Å². The molecule has 6 nitrogen and oxygen atoms in total. The number of anilines is 2. The maximum atomic E-state index is 13.1. The molecule has 4 rings (SSSR count). The molecule has 2 aromatic carbocycles. The fraction of sp³-hybridized carbons (Fsp3) is 0.360. The molecule has 0 saturated carbocycles. The van der Waals surface area contributed by atoms with Gasteiger partial charge in [0.05, 0.1) is 11.4 Å². The van der Waals surface area contributed by atoms with Crippen molar-refractivity contribution in [1.82, 2.24) is 0 Å². The molecule has 0 aliphatic carbocycles. The Hall–Kier alpha value is -3.14. The fourth-order valence-electron chi connectivity index (χ4n) is 4.76. The number of carbonyl (C=O) groups is 1. The smallest absolute Gasteiger partial charge is 0.231 e. The summed E-state index contributed by atoms with van der Waals surface area (Å²) in [5, 5.41) is 9.84. The Morgan fingerprint density at radius 2 is 1.48 bits per heavy atom. The Morgan fingerprint density at radius 3 is 2.06 bits per heavy atom. The van der Waals surface area contributed by atoms with Crippen LogP contribution < -0.4 is 19.6 Å². The third-order valence-electron chi connectivity index (χ3n) is 6.63. The average Bonchev–Trinajstić information content (AvgIpc) is 3.03. The number of fused-ring (bicyclic) bond motifs is 1. The van der Waals surface area contributed by atoms with Crippen LogP contribution in [0.15, 0.2) is 59.9 Å². The highest BCUT2D eigenvalue weighted by Crippen LogP contribution is 2.40. The van der Waals surface area contributed by atoms with Crippen molar-refractivity contribution in [3.05, 3.63) is 71.1 Å². The second-order valence-electron chi connectivity index (χ2n) is 8.62. The van der Waals surface area contributed by atoms with E-state index in [4.69, 9.17) is 0 Å². The minimum atomic E-state index is -0.0682. The molecule has 0 bridgehead atoms. The molecule has 0 atom stereocenters. The first kappa shape index (κ1) is 21.1. The van der Waals surface area contributed by atoms with Crippen LogP contribution in [0.3, 0.4) is 0 Å². The lowest BCUT2D eigenvalue weighted by Gasteiger charge is -2.30. The second-order valence-corrected chi connectivity index (χ2v) is 8.62. The van der Waals surface area contributed by atoms with Crippen molar-refractivity contribution >= 4 is 17.2 Å². The van der Waals surface area contributed by atoms with Gasteiger partial charge < -0.3 is 19.6 Å².